The Hall–Kier alpha value is -0.920. The van der Waals surface area contributed by atoms with E-state index in [1.54, 1.807) is 6.92 Å². The van der Waals surface area contributed by atoms with Crippen molar-refractivity contribution in [1.29, 1.82) is 0 Å². The maximum Gasteiger partial charge on any atom is 0.248 e. The topological polar surface area (TPSA) is 0 Å². The molecule has 0 aliphatic carbocycles. The molecule has 0 fully saturated rings. The summed E-state index contributed by atoms with van der Waals surface area (Å²) in [5.41, 5.74) is 1.24. The zero-order valence-electron chi connectivity index (χ0n) is 9.89. The first-order chi connectivity index (χ1) is 7.64. The Labute approximate surface area is 96.7 Å². The van der Waals surface area contributed by atoms with Crippen LogP contribution in [0.25, 0.3) is 0 Å². The summed E-state index contributed by atoms with van der Waals surface area (Å²) in [5, 5.41) is 0. The van der Waals surface area contributed by atoms with Gasteiger partial charge >= 0.3 is 0 Å². The Morgan fingerprint density at radius 1 is 1.00 bits per heavy atom. The molecule has 0 atom stereocenters. The molecule has 16 heavy (non-hydrogen) atoms. The molecule has 0 aromatic heterocycles. The summed E-state index contributed by atoms with van der Waals surface area (Å²) >= 11 is 0. The Morgan fingerprint density at radius 3 is 2.31 bits per heavy atom. The lowest BCUT2D eigenvalue weighted by atomic mass is 10.0. The van der Waals surface area contributed by atoms with Crippen LogP contribution in [0.15, 0.2) is 30.3 Å². The third-order valence-electron chi connectivity index (χ3n) is 2.72. The fraction of sp³-hybridized carbons (Fsp3) is 0.571. The van der Waals surface area contributed by atoms with E-state index in [0.717, 1.165) is 12.8 Å². The molecule has 0 nitrogen and oxygen atoms in total. The third kappa shape index (κ3) is 5.24. The molecule has 0 heterocycles. The second-order valence-corrected chi connectivity index (χ2v) is 4.30. The van der Waals surface area contributed by atoms with Crippen molar-refractivity contribution >= 4 is 0 Å². The molecule has 1 aromatic carbocycles. The number of hydrogen-bond donors (Lipinski definition) is 0. The predicted molar refractivity (Wildman–Crippen MR) is 63.9 cm³/mol. The van der Waals surface area contributed by atoms with E-state index in [0.29, 0.717) is 12.8 Å². The van der Waals surface area contributed by atoms with Crippen LogP contribution in [0.4, 0.5) is 8.78 Å². The SMILES string of the molecule is CCCC(F)(F)CCCCc1ccccc1. The van der Waals surface area contributed by atoms with Gasteiger partial charge in [0.05, 0.1) is 0 Å². The van der Waals surface area contributed by atoms with Crippen molar-refractivity contribution in [2.45, 2.75) is 51.4 Å². The molecule has 0 amide bonds. The smallest absolute Gasteiger partial charge is 0.207 e. The van der Waals surface area contributed by atoms with Crippen LogP contribution >= 0.6 is 0 Å². The molecular formula is C14H20F2. The van der Waals surface area contributed by atoms with Gasteiger partial charge in [-0.2, -0.15) is 0 Å². The number of alkyl halides is 2. The van der Waals surface area contributed by atoms with E-state index in [-0.39, 0.29) is 12.8 Å². The first-order valence-electron chi connectivity index (χ1n) is 6.06. The number of benzene rings is 1. The van der Waals surface area contributed by atoms with Crippen molar-refractivity contribution in [1.82, 2.24) is 0 Å². The second kappa shape index (κ2) is 6.62. The van der Waals surface area contributed by atoms with E-state index in [4.69, 9.17) is 0 Å². The van der Waals surface area contributed by atoms with E-state index < -0.39 is 5.92 Å². The lowest BCUT2D eigenvalue weighted by Crippen LogP contribution is -2.15. The van der Waals surface area contributed by atoms with Gasteiger partial charge in [0.15, 0.2) is 0 Å². The first-order valence-corrected chi connectivity index (χ1v) is 6.06. The summed E-state index contributed by atoms with van der Waals surface area (Å²) in [6.07, 6.45) is 2.99. The fourth-order valence-corrected chi connectivity index (χ4v) is 1.85. The monoisotopic (exact) mass is 226 g/mol. The normalized spacial score (nSPS) is 11.7. The van der Waals surface area contributed by atoms with Crippen LogP contribution in [-0.4, -0.2) is 5.92 Å². The molecule has 0 aliphatic rings. The lowest BCUT2D eigenvalue weighted by molar-refractivity contribution is -0.0188. The van der Waals surface area contributed by atoms with Crippen LogP contribution < -0.4 is 0 Å². The molecule has 0 N–H and O–H groups in total. The van der Waals surface area contributed by atoms with Gasteiger partial charge in [0.25, 0.3) is 0 Å². The first kappa shape index (κ1) is 13.1. The van der Waals surface area contributed by atoms with Crippen molar-refractivity contribution in [2.75, 3.05) is 0 Å². The molecule has 0 bridgehead atoms. The molecule has 0 saturated heterocycles. The summed E-state index contributed by atoms with van der Waals surface area (Å²) in [6.45, 7) is 1.80. The second-order valence-electron chi connectivity index (χ2n) is 4.30. The van der Waals surface area contributed by atoms with Crippen LogP contribution in [0.2, 0.25) is 0 Å². The molecule has 0 unspecified atom stereocenters. The zero-order chi connectivity index (χ0) is 11.9. The van der Waals surface area contributed by atoms with Crippen molar-refractivity contribution < 1.29 is 8.78 Å². The highest BCUT2D eigenvalue weighted by Gasteiger charge is 2.26. The Balaban J connectivity index is 2.17. The largest absolute Gasteiger partial charge is 0.248 e. The van der Waals surface area contributed by atoms with E-state index in [2.05, 4.69) is 0 Å². The average molecular weight is 226 g/mol. The van der Waals surface area contributed by atoms with Gasteiger partial charge in [0, 0.05) is 12.8 Å². The van der Waals surface area contributed by atoms with Gasteiger partial charge < -0.3 is 0 Å². The van der Waals surface area contributed by atoms with Crippen LogP contribution in [-0.2, 0) is 6.42 Å². The number of rotatable bonds is 7. The van der Waals surface area contributed by atoms with E-state index in [9.17, 15) is 8.78 Å². The van der Waals surface area contributed by atoms with Crippen LogP contribution in [0.3, 0.4) is 0 Å². The van der Waals surface area contributed by atoms with Crippen LogP contribution in [0.5, 0.6) is 0 Å². The van der Waals surface area contributed by atoms with Crippen LogP contribution in [0, 0.1) is 0 Å². The Morgan fingerprint density at radius 2 is 1.69 bits per heavy atom. The molecular weight excluding hydrogens is 206 g/mol. The van der Waals surface area contributed by atoms with E-state index >= 15 is 0 Å². The van der Waals surface area contributed by atoms with Crippen LogP contribution in [0.1, 0.15) is 44.6 Å². The quantitative estimate of drug-likeness (QED) is 0.584. The summed E-state index contributed by atoms with van der Waals surface area (Å²) in [7, 11) is 0. The molecule has 1 rings (SSSR count). The van der Waals surface area contributed by atoms with Crippen molar-refractivity contribution in [3.05, 3.63) is 35.9 Å². The predicted octanol–water partition coefficient (Wildman–Crippen LogP) is 4.83. The zero-order valence-corrected chi connectivity index (χ0v) is 9.89. The summed E-state index contributed by atoms with van der Waals surface area (Å²) in [4.78, 5) is 0. The minimum Gasteiger partial charge on any atom is -0.207 e. The summed E-state index contributed by atoms with van der Waals surface area (Å²) < 4.78 is 26.3. The van der Waals surface area contributed by atoms with Crippen molar-refractivity contribution in [3.8, 4) is 0 Å². The fourth-order valence-electron chi connectivity index (χ4n) is 1.85. The van der Waals surface area contributed by atoms with Crippen molar-refractivity contribution in [2.24, 2.45) is 0 Å². The molecule has 0 saturated carbocycles. The van der Waals surface area contributed by atoms with Gasteiger partial charge in [-0.05, 0) is 24.8 Å². The maximum absolute atomic E-state index is 13.1. The molecule has 1 aromatic rings. The highest BCUT2D eigenvalue weighted by Crippen LogP contribution is 2.26. The Bertz CT molecular complexity index is 280. The summed E-state index contributed by atoms with van der Waals surface area (Å²) in [5.74, 6) is -2.45. The molecule has 0 aliphatic heterocycles. The van der Waals surface area contributed by atoms with Gasteiger partial charge in [-0.1, -0.05) is 43.7 Å². The van der Waals surface area contributed by atoms with Gasteiger partial charge in [0.1, 0.15) is 0 Å². The summed E-state index contributed by atoms with van der Waals surface area (Å²) in [6, 6.07) is 10.0. The lowest BCUT2D eigenvalue weighted by Gasteiger charge is -2.14. The van der Waals surface area contributed by atoms with E-state index in [1.807, 2.05) is 30.3 Å². The molecule has 0 radical (unpaired) electrons. The minimum absolute atomic E-state index is 0.0261. The number of hydrogen-bond acceptors (Lipinski definition) is 0. The van der Waals surface area contributed by atoms with Gasteiger partial charge in [-0.15, -0.1) is 0 Å². The molecule has 90 valence electrons. The van der Waals surface area contributed by atoms with E-state index in [1.165, 1.54) is 5.56 Å². The van der Waals surface area contributed by atoms with Gasteiger partial charge in [0.2, 0.25) is 5.92 Å². The standard InChI is InChI=1S/C14H20F2/c1-2-11-14(15,16)12-7-6-10-13-8-4-3-5-9-13/h3-5,8-9H,2,6-7,10-12H2,1H3. The number of halogens is 2. The van der Waals surface area contributed by atoms with Gasteiger partial charge in [-0.3, -0.25) is 0 Å². The molecule has 2 heteroatoms. The average Bonchev–Trinajstić information content (AvgIpc) is 2.26. The van der Waals surface area contributed by atoms with Crippen molar-refractivity contribution in [3.63, 3.8) is 0 Å². The number of unbranched alkanes of at least 4 members (excludes halogenated alkanes) is 1. The third-order valence-corrected chi connectivity index (χ3v) is 2.72. The molecule has 0 spiro atoms. The Kier molecular flexibility index (Phi) is 5.44. The maximum atomic E-state index is 13.1. The highest BCUT2D eigenvalue weighted by atomic mass is 19.3. The minimum atomic E-state index is -2.45. The highest BCUT2D eigenvalue weighted by molar-refractivity contribution is 5.14. The number of aryl methyl sites for hydroxylation is 1. The van der Waals surface area contributed by atoms with Gasteiger partial charge in [-0.25, -0.2) is 8.78 Å².